The number of aryl methyl sites for hydroxylation is 1. The molecule has 0 aliphatic carbocycles. The van der Waals surface area contributed by atoms with Crippen molar-refractivity contribution in [3.63, 3.8) is 0 Å². The van der Waals surface area contributed by atoms with E-state index in [1.807, 2.05) is 60.7 Å². The number of rotatable bonds is 18. The second-order valence-corrected chi connectivity index (χ2v) is 16.0. The maximum Gasteiger partial charge on any atom is 0.310 e. The van der Waals surface area contributed by atoms with Crippen LogP contribution in [0.2, 0.25) is 0 Å². The van der Waals surface area contributed by atoms with Gasteiger partial charge < -0.3 is 29.4 Å². The number of carbonyl (C=O) groups is 2. The van der Waals surface area contributed by atoms with Crippen molar-refractivity contribution in [3.8, 4) is 16.9 Å². The van der Waals surface area contributed by atoms with Gasteiger partial charge in [0.15, 0.2) is 0 Å². The Kier molecular flexibility index (Phi) is 14.3. The second-order valence-electron chi connectivity index (χ2n) is 14.6. The Hall–Kier alpha value is -4.67. The van der Waals surface area contributed by atoms with Gasteiger partial charge in [0.25, 0.3) is 5.91 Å². The maximum atomic E-state index is 13.8. The molecule has 0 radical (unpaired) electrons. The number of carboxylic acids is 1. The third kappa shape index (κ3) is 10.7. The number of aliphatic carboxylic acids is 1. The normalized spacial score (nSPS) is 14.7. The van der Waals surface area contributed by atoms with Gasteiger partial charge in [0.05, 0.1) is 28.6 Å². The first-order valence-corrected chi connectivity index (χ1v) is 20.4. The molecule has 0 saturated carbocycles. The van der Waals surface area contributed by atoms with Crippen LogP contribution in [-0.4, -0.2) is 58.7 Å². The molecular formula is C44H55N3O6S. The zero-order valence-corrected chi connectivity index (χ0v) is 33.2. The Morgan fingerprint density at radius 2 is 1.67 bits per heavy atom. The molecule has 54 heavy (non-hydrogen) atoms. The van der Waals surface area contributed by atoms with E-state index in [1.54, 1.807) is 26.0 Å². The lowest BCUT2D eigenvalue weighted by Gasteiger charge is -2.34. The molecule has 0 unspecified atom stereocenters. The molecular weight excluding hydrogens is 699 g/mol. The number of amides is 1. The van der Waals surface area contributed by atoms with Crippen LogP contribution in [0.4, 0.5) is 11.4 Å². The number of hydrogen-bond donors (Lipinski definition) is 2. The van der Waals surface area contributed by atoms with Crippen molar-refractivity contribution < 1.29 is 28.4 Å². The number of anilines is 2. The highest BCUT2D eigenvalue weighted by molar-refractivity contribution is 7.84. The van der Waals surface area contributed by atoms with E-state index >= 15 is 0 Å². The van der Waals surface area contributed by atoms with Gasteiger partial charge in [-0.25, -0.2) is 0 Å². The molecule has 0 spiro atoms. The largest absolute Gasteiger partial charge is 0.491 e. The lowest BCUT2D eigenvalue weighted by molar-refractivity contribution is -0.146. The number of nitrogens with one attached hydrogen (secondary N) is 1. The summed E-state index contributed by atoms with van der Waals surface area (Å²) in [5, 5.41) is 13.0. The fourth-order valence-electron chi connectivity index (χ4n) is 6.54. The van der Waals surface area contributed by atoms with Crippen molar-refractivity contribution in [2.75, 3.05) is 43.1 Å². The Morgan fingerprint density at radius 3 is 2.37 bits per heavy atom. The number of benzene rings is 3. The molecule has 2 heterocycles. The van der Waals surface area contributed by atoms with Crippen LogP contribution in [0, 0.1) is 12.3 Å². The molecule has 3 aromatic carbocycles. The van der Waals surface area contributed by atoms with E-state index < -0.39 is 22.2 Å². The minimum absolute atomic E-state index is 0.201. The highest BCUT2D eigenvalue weighted by Crippen LogP contribution is 2.35. The molecule has 0 saturated heterocycles. The van der Waals surface area contributed by atoms with Gasteiger partial charge in [-0.1, -0.05) is 38.5 Å². The summed E-state index contributed by atoms with van der Waals surface area (Å²) in [6.07, 6.45) is 8.37. The van der Waals surface area contributed by atoms with Gasteiger partial charge in [-0.2, -0.15) is 0 Å². The van der Waals surface area contributed by atoms with Crippen molar-refractivity contribution in [3.05, 3.63) is 101 Å². The molecule has 1 aromatic heterocycles. The van der Waals surface area contributed by atoms with Gasteiger partial charge in [-0.15, -0.1) is 0 Å². The second kappa shape index (κ2) is 19.1. The zero-order chi connectivity index (χ0) is 38.7. The summed E-state index contributed by atoms with van der Waals surface area (Å²) in [5.74, 6) is 0.147. The summed E-state index contributed by atoms with van der Waals surface area (Å²) < 4.78 is 26.9. The summed E-state index contributed by atoms with van der Waals surface area (Å²) in [6, 6.07) is 23.3. The van der Waals surface area contributed by atoms with Crippen LogP contribution < -0.4 is 15.0 Å². The molecule has 10 heteroatoms. The number of ether oxygens (including phenoxy) is 2. The molecule has 4 aromatic rings. The highest BCUT2D eigenvalue weighted by atomic mass is 32.2. The van der Waals surface area contributed by atoms with Gasteiger partial charge in [0.1, 0.15) is 12.4 Å². The Labute approximate surface area is 322 Å². The fourth-order valence-corrected chi connectivity index (χ4v) is 7.73. The van der Waals surface area contributed by atoms with Gasteiger partial charge >= 0.3 is 5.97 Å². The molecule has 1 aliphatic rings. The fraction of sp³-hybridized carbons (Fsp3) is 0.409. The monoisotopic (exact) mass is 753 g/mol. The van der Waals surface area contributed by atoms with Crippen LogP contribution in [0.5, 0.6) is 5.75 Å². The number of nitrogens with zero attached hydrogens (tertiary/aromatic N) is 2. The molecule has 1 amide bonds. The number of carboxylic acid groups (broad SMARTS) is 1. The quantitative estimate of drug-likeness (QED) is 0.0976. The number of hydrogen-bond acceptors (Lipinski definition) is 6. The van der Waals surface area contributed by atoms with Crippen molar-refractivity contribution in [1.82, 2.24) is 4.57 Å². The predicted molar refractivity (Wildman–Crippen MR) is 219 cm³/mol. The summed E-state index contributed by atoms with van der Waals surface area (Å²) in [5.41, 5.74) is 6.21. The average Bonchev–Trinajstić information content (AvgIpc) is 3.49. The van der Waals surface area contributed by atoms with E-state index in [2.05, 4.69) is 47.8 Å². The molecule has 288 valence electrons. The lowest BCUT2D eigenvalue weighted by atomic mass is 9.91. The highest BCUT2D eigenvalue weighted by Gasteiger charge is 2.31. The van der Waals surface area contributed by atoms with Gasteiger partial charge in [0.2, 0.25) is 0 Å². The first-order chi connectivity index (χ1) is 26.0. The molecule has 1 atom stereocenters. The smallest absolute Gasteiger partial charge is 0.310 e. The number of carbonyl (C=O) groups excluding carboxylic acids is 1. The number of unbranched alkanes of at least 4 members (excludes halogenated alkanes) is 1. The topological polar surface area (TPSA) is 110 Å². The van der Waals surface area contributed by atoms with E-state index in [0.29, 0.717) is 61.1 Å². The van der Waals surface area contributed by atoms with E-state index in [4.69, 9.17) is 9.47 Å². The molecule has 0 bridgehead atoms. The molecule has 9 nitrogen and oxygen atoms in total. The van der Waals surface area contributed by atoms with Crippen LogP contribution >= 0.6 is 0 Å². The van der Waals surface area contributed by atoms with E-state index in [9.17, 15) is 18.9 Å². The van der Waals surface area contributed by atoms with Crippen LogP contribution in [-0.2, 0) is 37.4 Å². The summed E-state index contributed by atoms with van der Waals surface area (Å²) in [7, 11) is -1.22. The van der Waals surface area contributed by atoms with Crippen molar-refractivity contribution in [2.24, 2.45) is 5.41 Å². The van der Waals surface area contributed by atoms with Gasteiger partial charge in [-0.3, -0.25) is 13.8 Å². The molecule has 5 rings (SSSR count). The SMILES string of the molecule is CCCCOCCOc1ccc(-c2ccc3c(c2)/C=C(/C(=O)Nc2ccc([S@@](=O)Cc4ccn(CCC)c4C)cc2)CCCN3CC(C)(C)C(=O)O)cc1. The van der Waals surface area contributed by atoms with Crippen LogP contribution in [0.1, 0.15) is 76.6 Å². The third-order valence-corrected chi connectivity index (χ3v) is 11.2. The van der Waals surface area contributed by atoms with Crippen LogP contribution in [0.3, 0.4) is 0 Å². The van der Waals surface area contributed by atoms with Gasteiger partial charge in [0, 0.05) is 60.0 Å². The lowest BCUT2D eigenvalue weighted by Crippen LogP contribution is -2.40. The average molecular weight is 754 g/mol. The van der Waals surface area contributed by atoms with Crippen molar-refractivity contribution in [2.45, 2.75) is 83.9 Å². The van der Waals surface area contributed by atoms with E-state index in [0.717, 1.165) is 71.8 Å². The van der Waals surface area contributed by atoms with E-state index in [-0.39, 0.29) is 5.91 Å². The standard InChI is InChI=1S/C44H55N3O6S/c1-6-8-25-52-26-27-53-39-16-11-33(12-17-39)34-13-20-41-37(28-34)29-35(10-9-23-47(41)31-44(4,5)43(49)50)42(48)45-38-14-18-40(19-15-38)54(51)30-36-21-24-46(22-7-2)32(36)3/h11-21,24,28-29H,6-10,22-23,25-27,30-31H2,1-5H3,(H,45,48)(H,49,50)/b35-29+/t54-/m0/s1. The van der Waals surface area contributed by atoms with Crippen LogP contribution in [0.15, 0.2) is 89.5 Å². The maximum absolute atomic E-state index is 13.8. The Morgan fingerprint density at radius 1 is 0.926 bits per heavy atom. The number of fused-ring (bicyclic) bond motifs is 1. The first kappa shape index (κ1) is 40.5. The predicted octanol–water partition coefficient (Wildman–Crippen LogP) is 9.11. The molecule has 2 N–H and O–H groups in total. The van der Waals surface area contributed by atoms with Gasteiger partial charge in [-0.05, 0) is 129 Å². The Bertz CT molecular complexity index is 1930. The Balaban J connectivity index is 1.34. The van der Waals surface area contributed by atoms with E-state index in [1.165, 1.54) is 0 Å². The minimum Gasteiger partial charge on any atom is -0.491 e. The van der Waals surface area contributed by atoms with Crippen molar-refractivity contribution in [1.29, 1.82) is 0 Å². The summed E-state index contributed by atoms with van der Waals surface area (Å²) in [4.78, 5) is 28.7. The zero-order valence-electron chi connectivity index (χ0n) is 32.4. The van der Waals surface area contributed by atoms with Crippen molar-refractivity contribution >= 4 is 40.1 Å². The molecule has 1 aliphatic heterocycles. The molecule has 0 fully saturated rings. The first-order valence-electron chi connectivity index (χ1n) is 19.1. The summed E-state index contributed by atoms with van der Waals surface area (Å²) in [6.45, 7) is 13.5. The minimum atomic E-state index is -1.22. The van der Waals surface area contributed by atoms with Crippen LogP contribution in [0.25, 0.3) is 17.2 Å². The number of aromatic nitrogens is 1. The third-order valence-electron chi connectivity index (χ3n) is 9.83. The summed E-state index contributed by atoms with van der Waals surface area (Å²) >= 11 is 0.